The summed E-state index contributed by atoms with van der Waals surface area (Å²) in [6.45, 7) is 0.299. The molecule has 1 amide bonds. The van der Waals surface area contributed by atoms with E-state index >= 15 is 0 Å². The van der Waals surface area contributed by atoms with E-state index in [1.165, 1.54) is 6.07 Å². The van der Waals surface area contributed by atoms with Crippen molar-refractivity contribution < 1.29 is 13.4 Å². The Hall–Kier alpha value is -3.39. The van der Waals surface area contributed by atoms with Crippen LogP contribution in [-0.2, 0) is 17.3 Å². The summed E-state index contributed by atoms with van der Waals surface area (Å²) in [7, 11) is -1.21. The molecule has 0 radical (unpaired) electrons. The predicted octanol–water partition coefficient (Wildman–Crippen LogP) is 3.12. The van der Waals surface area contributed by atoms with Gasteiger partial charge in [0.15, 0.2) is 0 Å². The molecule has 0 spiro atoms. The van der Waals surface area contributed by atoms with Gasteiger partial charge in [-0.2, -0.15) is 0 Å². The molecular formula is C21H17FN4O2S. The van der Waals surface area contributed by atoms with Crippen molar-refractivity contribution in [3.8, 4) is 11.1 Å². The van der Waals surface area contributed by atoms with E-state index in [2.05, 4.69) is 9.97 Å². The number of hydrogen-bond acceptors (Lipinski definition) is 4. The molecule has 0 fully saturated rings. The lowest BCUT2D eigenvalue weighted by Crippen LogP contribution is -2.11. The molecule has 4 rings (SSSR count). The molecule has 0 saturated heterocycles. The maximum absolute atomic E-state index is 14.0. The van der Waals surface area contributed by atoms with Crippen LogP contribution in [0, 0.1) is 5.82 Å². The molecule has 1 unspecified atom stereocenters. The van der Waals surface area contributed by atoms with Crippen LogP contribution < -0.4 is 5.73 Å². The first kappa shape index (κ1) is 18.9. The highest BCUT2D eigenvalue weighted by atomic mass is 32.2. The maximum atomic E-state index is 14.0. The lowest BCUT2D eigenvalue weighted by molar-refractivity contribution is 0.100. The molecule has 2 heterocycles. The number of carbonyl (C=O) groups excluding carboxylic acids is 1. The number of nitrogens with zero attached hydrogens (tertiary/aromatic N) is 3. The second-order valence-corrected chi connectivity index (χ2v) is 7.89. The van der Waals surface area contributed by atoms with Crippen LogP contribution in [0.4, 0.5) is 4.39 Å². The summed E-state index contributed by atoms with van der Waals surface area (Å²) in [5.74, 6) is -0.376. The largest absolute Gasteiger partial charge is 0.366 e. The minimum Gasteiger partial charge on any atom is -0.366 e. The van der Waals surface area contributed by atoms with E-state index in [4.69, 9.17) is 5.73 Å². The molecule has 2 aromatic carbocycles. The Kier molecular flexibility index (Phi) is 4.94. The molecular weight excluding hydrogens is 391 g/mol. The Morgan fingerprint density at radius 3 is 2.55 bits per heavy atom. The van der Waals surface area contributed by atoms with Crippen molar-refractivity contribution in [2.24, 2.45) is 5.73 Å². The number of amides is 1. The highest BCUT2D eigenvalue weighted by molar-refractivity contribution is 7.84. The Morgan fingerprint density at radius 1 is 1.17 bits per heavy atom. The van der Waals surface area contributed by atoms with Gasteiger partial charge in [0.1, 0.15) is 11.6 Å². The molecule has 2 N–H and O–H groups in total. The van der Waals surface area contributed by atoms with Crippen LogP contribution in [0.15, 0.2) is 66.0 Å². The summed E-state index contributed by atoms with van der Waals surface area (Å²) in [5, 5.41) is 0.777. The molecule has 4 aromatic rings. The second-order valence-electron chi connectivity index (χ2n) is 6.54. The lowest BCUT2D eigenvalue weighted by Gasteiger charge is -2.07. The van der Waals surface area contributed by atoms with Crippen LogP contribution in [0.5, 0.6) is 0 Å². The van der Waals surface area contributed by atoms with E-state index in [1.807, 2.05) is 4.57 Å². The standard InChI is InChI=1S/C21H17FN4O2S/c1-29(28)19-11-26(18-8-13(21(23)27)6-7-16(18)19)12-20-24-9-14(10-25-20)15-4-2-3-5-17(15)22/h2-11H,12H2,1H3,(H2,23,27). The van der Waals surface area contributed by atoms with Gasteiger partial charge in [0.05, 0.1) is 27.8 Å². The van der Waals surface area contributed by atoms with Crippen molar-refractivity contribution in [2.75, 3.05) is 6.26 Å². The topological polar surface area (TPSA) is 90.9 Å². The van der Waals surface area contributed by atoms with Gasteiger partial charge in [0, 0.05) is 46.9 Å². The lowest BCUT2D eigenvalue weighted by atomic mass is 10.1. The normalized spacial score (nSPS) is 12.2. The third-order valence-corrected chi connectivity index (χ3v) is 5.59. The molecule has 6 nitrogen and oxygen atoms in total. The summed E-state index contributed by atoms with van der Waals surface area (Å²) < 4.78 is 27.9. The fourth-order valence-electron chi connectivity index (χ4n) is 3.19. The quantitative estimate of drug-likeness (QED) is 0.549. The maximum Gasteiger partial charge on any atom is 0.248 e. The molecule has 1 atom stereocenters. The van der Waals surface area contributed by atoms with E-state index in [0.29, 0.717) is 39.5 Å². The summed E-state index contributed by atoms with van der Waals surface area (Å²) in [6.07, 6.45) is 6.50. The highest BCUT2D eigenvalue weighted by Gasteiger charge is 2.14. The zero-order valence-electron chi connectivity index (χ0n) is 15.5. The molecule has 8 heteroatoms. The van der Waals surface area contributed by atoms with Gasteiger partial charge in [-0.05, 0) is 18.2 Å². The van der Waals surface area contributed by atoms with Gasteiger partial charge >= 0.3 is 0 Å². The predicted molar refractivity (Wildman–Crippen MR) is 109 cm³/mol. The van der Waals surface area contributed by atoms with E-state index in [-0.39, 0.29) is 5.82 Å². The second kappa shape index (κ2) is 7.56. The first-order valence-electron chi connectivity index (χ1n) is 8.76. The summed E-state index contributed by atoms with van der Waals surface area (Å²) in [5.41, 5.74) is 7.48. The number of aromatic nitrogens is 3. The van der Waals surface area contributed by atoms with Gasteiger partial charge in [-0.25, -0.2) is 14.4 Å². The van der Waals surface area contributed by atoms with E-state index in [1.54, 1.807) is 61.2 Å². The smallest absolute Gasteiger partial charge is 0.248 e. The average Bonchev–Trinajstić information content (AvgIpc) is 3.07. The van der Waals surface area contributed by atoms with Gasteiger partial charge in [0.25, 0.3) is 0 Å². The van der Waals surface area contributed by atoms with Gasteiger partial charge in [-0.1, -0.05) is 24.3 Å². The fraction of sp³-hybridized carbons (Fsp3) is 0.0952. The van der Waals surface area contributed by atoms with Gasteiger partial charge in [-0.3, -0.25) is 9.00 Å². The Balaban J connectivity index is 1.72. The van der Waals surface area contributed by atoms with E-state index < -0.39 is 16.7 Å². The summed E-state index contributed by atoms with van der Waals surface area (Å²) in [6, 6.07) is 11.5. The highest BCUT2D eigenvalue weighted by Crippen LogP contribution is 2.26. The number of halogens is 1. The van der Waals surface area contributed by atoms with Gasteiger partial charge in [-0.15, -0.1) is 0 Å². The summed E-state index contributed by atoms with van der Waals surface area (Å²) in [4.78, 5) is 20.9. The van der Waals surface area contributed by atoms with Crippen molar-refractivity contribution in [2.45, 2.75) is 11.4 Å². The SMILES string of the molecule is CS(=O)c1cn(Cc2ncc(-c3ccccc3F)cn2)c2cc(C(N)=O)ccc12. The summed E-state index contributed by atoms with van der Waals surface area (Å²) >= 11 is 0. The van der Waals surface area contributed by atoms with Crippen LogP contribution in [0.3, 0.4) is 0 Å². The first-order chi connectivity index (χ1) is 13.9. The van der Waals surface area contributed by atoms with Crippen molar-refractivity contribution >= 4 is 27.6 Å². The van der Waals surface area contributed by atoms with Gasteiger partial charge < -0.3 is 10.3 Å². The average molecular weight is 408 g/mol. The number of primary amides is 1. The Labute approximate surface area is 168 Å². The zero-order chi connectivity index (χ0) is 20.5. The van der Waals surface area contributed by atoms with Crippen LogP contribution in [0.1, 0.15) is 16.2 Å². The molecule has 0 aliphatic carbocycles. The van der Waals surface area contributed by atoms with Crippen LogP contribution in [-0.4, -0.2) is 30.9 Å². The van der Waals surface area contributed by atoms with E-state index in [9.17, 15) is 13.4 Å². The van der Waals surface area contributed by atoms with Crippen molar-refractivity contribution in [3.05, 3.63) is 78.3 Å². The number of benzene rings is 2. The molecule has 0 saturated carbocycles. The zero-order valence-corrected chi connectivity index (χ0v) is 16.3. The van der Waals surface area contributed by atoms with Crippen LogP contribution in [0.2, 0.25) is 0 Å². The van der Waals surface area contributed by atoms with Crippen molar-refractivity contribution in [3.63, 3.8) is 0 Å². The molecule has 0 bridgehead atoms. The fourth-order valence-corrected chi connectivity index (χ4v) is 3.95. The third-order valence-electron chi connectivity index (χ3n) is 4.64. The van der Waals surface area contributed by atoms with Crippen LogP contribution >= 0.6 is 0 Å². The van der Waals surface area contributed by atoms with Gasteiger partial charge in [0.2, 0.25) is 5.91 Å². The number of hydrogen-bond donors (Lipinski definition) is 1. The number of carbonyl (C=O) groups is 1. The Bertz CT molecular complexity index is 1250. The first-order valence-corrected chi connectivity index (χ1v) is 10.3. The van der Waals surface area contributed by atoms with Crippen molar-refractivity contribution in [1.29, 1.82) is 0 Å². The molecule has 2 aromatic heterocycles. The molecule has 0 aliphatic rings. The number of fused-ring (bicyclic) bond motifs is 1. The molecule has 146 valence electrons. The number of rotatable bonds is 5. The van der Waals surface area contributed by atoms with E-state index in [0.717, 1.165) is 5.39 Å². The molecule has 0 aliphatic heterocycles. The minimum absolute atomic E-state index is 0.299. The van der Waals surface area contributed by atoms with Crippen LogP contribution in [0.25, 0.3) is 22.0 Å². The molecule has 29 heavy (non-hydrogen) atoms. The Morgan fingerprint density at radius 2 is 1.90 bits per heavy atom. The van der Waals surface area contributed by atoms with Crippen molar-refractivity contribution in [1.82, 2.24) is 14.5 Å². The monoisotopic (exact) mass is 408 g/mol. The third kappa shape index (κ3) is 3.66. The minimum atomic E-state index is -1.21. The number of nitrogens with two attached hydrogens (primary N) is 1.